The van der Waals surface area contributed by atoms with E-state index < -0.39 is 0 Å². The van der Waals surface area contributed by atoms with E-state index in [0.29, 0.717) is 0 Å². The molecule has 0 spiro atoms. The molecule has 0 aliphatic rings. The second-order valence-corrected chi connectivity index (χ2v) is 28.7. The van der Waals surface area contributed by atoms with Gasteiger partial charge in [0, 0.05) is 0 Å². The van der Waals surface area contributed by atoms with Crippen LogP contribution in [-0.4, -0.2) is 63.4 Å². The number of hydrogen-bond acceptors (Lipinski definition) is 0. The van der Waals surface area contributed by atoms with Gasteiger partial charge in [-0.2, -0.15) is 0 Å². The molecule has 0 bridgehead atoms. The summed E-state index contributed by atoms with van der Waals surface area (Å²) in [4.78, 5) is 0. The SMILES string of the molecule is CCCCCCC[CH2][Sn][CH2]CCCCCCC.CCCCCCC[CH2][Sn][CH2]CCCCCCC.CCCCCCC[CH2][Sn][CH2]CCCCCCC. The van der Waals surface area contributed by atoms with E-state index in [1.54, 1.807) is 65.1 Å². The maximum absolute atomic E-state index is 2.30. The Hall–Kier alpha value is 2.40. The van der Waals surface area contributed by atoms with Crippen molar-refractivity contribution >= 4 is 63.4 Å². The predicted octanol–water partition coefficient (Wildman–Crippen LogP) is 18.7. The molecule has 6 radical (unpaired) electrons. The summed E-state index contributed by atoms with van der Waals surface area (Å²) in [7, 11) is 0. The Morgan fingerprint density at radius 2 is 0.275 bits per heavy atom. The van der Waals surface area contributed by atoms with E-state index in [4.69, 9.17) is 0 Å². The van der Waals surface area contributed by atoms with Gasteiger partial charge in [0.1, 0.15) is 0 Å². The zero-order valence-electron chi connectivity index (χ0n) is 37.2. The van der Waals surface area contributed by atoms with Gasteiger partial charge in [0.2, 0.25) is 0 Å². The zero-order chi connectivity index (χ0) is 37.8. The third-order valence-corrected chi connectivity index (χ3v) is 22.4. The molecule has 0 saturated heterocycles. The van der Waals surface area contributed by atoms with Crippen LogP contribution in [0, 0.1) is 0 Å². The van der Waals surface area contributed by atoms with Crippen molar-refractivity contribution in [3.05, 3.63) is 0 Å². The van der Waals surface area contributed by atoms with Gasteiger partial charge in [-0.1, -0.05) is 0 Å². The monoisotopic (exact) mass is 1040 g/mol. The topological polar surface area (TPSA) is 0 Å². The van der Waals surface area contributed by atoms with Gasteiger partial charge < -0.3 is 0 Å². The number of unbranched alkanes of at least 4 members (excludes halogenated alkanes) is 30. The first-order valence-electron chi connectivity index (χ1n) is 24.4. The molecule has 0 aromatic rings. The van der Waals surface area contributed by atoms with Crippen molar-refractivity contribution < 1.29 is 0 Å². The summed E-state index contributed by atoms with van der Waals surface area (Å²) in [6.07, 6.45) is 53.5. The Balaban J connectivity index is -0.000000678. The van der Waals surface area contributed by atoms with Gasteiger partial charge in [-0.25, -0.2) is 0 Å². The van der Waals surface area contributed by atoms with Crippen molar-refractivity contribution in [2.24, 2.45) is 0 Å². The van der Waals surface area contributed by atoms with Crippen LogP contribution < -0.4 is 0 Å². The van der Waals surface area contributed by atoms with Crippen molar-refractivity contribution in [1.29, 1.82) is 0 Å². The summed E-state index contributed by atoms with van der Waals surface area (Å²) < 4.78 is 9.94. The van der Waals surface area contributed by atoms with E-state index in [0.717, 1.165) is 0 Å². The molecule has 0 rings (SSSR count). The van der Waals surface area contributed by atoms with Gasteiger partial charge in [-0.15, -0.1) is 0 Å². The van der Waals surface area contributed by atoms with Gasteiger partial charge in [0.15, 0.2) is 0 Å². The molecule has 0 atom stereocenters. The van der Waals surface area contributed by atoms with Gasteiger partial charge in [0.25, 0.3) is 0 Å². The first kappa shape index (κ1) is 57.7. The second kappa shape index (κ2) is 61.6. The van der Waals surface area contributed by atoms with Gasteiger partial charge >= 0.3 is 363 Å². The van der Waals surface area contributed by atoms with Crippen LogP contribution in [0.25, 0.3) is 0 Å². The fourth-order valence-corrected chi connectivity index (χ4v) is 17.3. The van der Waals surface area contributed by atoms with Crippen molar-refractivity contribution in [1.82, 2.24) is 0 Å². The Kier molecular flexibility index (Phi) is 69.7. The summed E-state index contributed by atoms with van der Waals surface area (Å²) in [5, 5.41) is 0. The molecule has 0 aromatic carbocycles. The third kappa shape index (κ3) is 67.5. The summed E-state index contributed by atoms with van der Waals surface area (Å²) in [5.74, 6) is 0. The Labute approximate surface area is 359 Å². The van der Waals surface area contributed by atoms with Gasteiger partial charge in [-0.3, -0.25) is 0 Å². The van der Waals surface area contributed by atoms with E-state index in [1.807, 2.05) is 0 Å². The second-order valence-electron chi connectivity index (χ2n) is 15.9. The first-order chi connectivity index (χ1) is 25.2. The van der Waals surface area contributed by atoms with E-state index in [1.165, 1.54) is 193 Å². The van der Waals surface area contributed by atoms with Crippen LogP contribution in [0.2, 0.25) is 26.6 Å². The molecular formula is C48H102Sn3. The molecule has 0 N–H and O–H groups in total. The Morgan fingerprint density at radius 1 is 0.157 bits per heavy atom. The quantitative estimate of drug-likeness (QED) is 0.0422. The Morgan fingerprint density at radius 3 is 0.412 bits per heavy atom. The summed E-state index contributed by atoms with van der Waals surface area (Å²) in [6, 6.07) is 0. The van der Waals surface area contributed by atoms with E-state index in [9.17, 15) is 0 Å². The molecule has 0 amide bonds. The van der Waals surface area contributed by atoms with Crippen molar-refractivity contribution in [3.8, 4) is 0 Å². The minimum absolute atomic E-state index is 0.0736. The summed E-state index contributed by atoms with van der Waals surface area (Å²) in [6.45, 7) is 13.8. The van der Waals surface area contributed by atoms with Crippen LogP contribution >= 0.6 is 0 Å². The van der Waals surface area contributed by atoms with Crippen LogP contribution in [0.15, 0.2) is 0 Å². The molecule has 0 unspecified atom stereocenters. The average molecular weight is 1040 g/mol. The van der Waals surface area contributed by atoms with Crippen LogP contribution in [0.4, 0.5) is 0 Å². The van der Waals surface area contributed by atoms with Crippen LogP contribution in [-0.2, 0) is 0 Å². The van der Waals surface area contributed by atoms with Crippen LogP contribution in [0.3, 0.4) is 0 Å². The molecular weight excluding hydrogens is 933 g/mol. The fourth-order valence-electron chi connectivity index (χ4n) is 6.56. The molecule has 3 heteroatoms. The summed E-state index contributed by atoms with van der Waals surface area (Å²) in [5.41, 5.74) is 0. The average Bonchev–Trinajstić information content (AvgIpc) is 3.15. The van der Waals surface area contributed by atoms with Gasteiger partial charge in [-0.05, 0) is 0 Å². The van der Waals surface area contributed by atoms with Crippen LogP contribution in [0.1, 0.15) is 273 Å². The molecule has 0 heterocycles. The normalized spacial score (nSPS) is 10.9. The first-order valence-corrected chi connectivity index (χ1v) is 36.5. The number of rotatable bonds is 42. The predicted molar refractivity (Wildman–Crippen MR) is 246 cm³/mol. The molecule has 0 nitrogen and oxygen atoms in total. The fraction of sp³-hybridized carbons (Fsp3) is 1.00. The molecule has 0 fully saturated rings. The molecule has 0 aromatic heterocycles. The van der Waals surface area contributed by atoms with E-state index in [2.05, 4.69) is 41.5 Å². The molecule has 0 aliphatic carbocycles. The molecule has 0 aliphatic heterocycles. The van der Waals surface area contributed by atoms with Crippen molar-refractivity contribution in [2.75, 3.05) is 0 Å². The zero-order valence-corrected chi connectivity index (χ0v) is 45.8. The molecule has 51 heavy (non-hydrogen) atoms. The van der Waals surface area contributed by atoms with Crippen molar-refractivity contribution in [3.63, 3.8) is 0 Å². The number of hydrogen-bond donors (Lipinski definition) is 0. The van der Waals surface area contributed by atoms with Crippen molar-refractivity contribution in [2.45, 2.75) is 299 Å². The summed E-state index contributed by atoms with van der Waals surface area (Å²) >= 11 is 0.221. The Bertz CT molecular complexity index is 397. The van der Waals surface area contributed by atoms with Crippen LogP contribution in [0.5, 0.6) is 0 Å². The third-order valence-electron chi connectivity index (χ3n) is 10.2. The minimum atomic E-state index is 0.0736. The van der Waals surface area contributed by atoms with E-state index >= 15 is 0 Å². The molecule has 306 valence electrons. The standard InChI is InChI=1S/6C8H17.3Sn/c6*1-3-5-7-8-6-4-2;;;/h6*1,3-8H2,2H3;;;. The molecule has 0 saturated carbocycles. The maximum atomic E-state index is 2.30. The van der Waals surface area contributed by atoms with Gasteiger partial charge in [0.05, 0.1) is 0 Å². The van der Waals surface area contributed by atoms with E-state index in [-0.39, 0.29) is 63.4 Å².